The van der Waals surface area contributed by atoms with Gasteiger partial charge in [0.1, 0.15) is 5.82 Å². The maximum atomic E-state index is 12.7. The highest BCUT2D eigenvalue weighted by molar-refractivity contribution is 5.15. The van der Waals surface area contributed by atoms with Crippen molar-refractivity contribution in [3.05, 3.63) is 29.3 Å². The molecule has 0 amide bonds. The molecule has 0 radical (unpaired) electrons. The fraction of sp³-hybridized carbons (Fsp3) is 0.375. The van der Waals surface area contributed by atoms with Gasteiger partial charge in [-0.3, -0.25) is 4.98 Å². The molecule has 1 heterocycles. The molecule has 0 saturated carbocycles. The fourth-order valence-corrected chi connectivity index (χ4v) is 0.891. The van der Waals surface area contributed by atoms with Crippen LogP contribution in [0.1, 0.15) is 17.4 Å². The molecule has 0 saturated heterocycles. The molecule has 1 atom stereocenters. The van der Waals surface area contributed by atoms with E-state index < -0.39 is 0 Å². The third kappa shape index (κ3) is 1.78. The Morgan fingerprint density at radius 2 is 2.25 bits per heavy atom. The first-order chi connectivity index (χ1) is 5.65. The van der Waals surface area contributed by atoms with Gasteiger partial charge in [-0.25, -0.2) is 4.39 Å². The molecule has 0 fully saturated rings. The first-order valence-corrected chi connectivity index (χ1v) is 3.74. The number of aryl methyl sites for hydroxylation is 1. The van der Waals surface area contributed by atoms with Crippen molar-refractivity contribution < 1.29 is 4.39 Å². The van der Waals surface area contributed by atoms with Crippen molar-refractivity contribution in [2.75, 3.05) is 6.54 Å². The number of pyridine rings is 1. The monoisotopic (exact) mass is 169 g/mol. The van der Waals surface area contributed by atoms with E-state index in [-0.39, 0.29) is 11.9 Å². The highest BCUT2D eigenvalue weighted by Crippen LogP contribution is 2.09. The predicted molar refractivity (Wildman–Crippen MR) is 44.9 cm³/mol. The van der Waals surface area contributed by atoms with E-state index in [1.807, 2.05) is 0 Å². The molecule has 12 heavy (non-hydrogen) atoms. The molecule has 0 aliphatic carbocycles. The zero-order chi connectivity index (χ0) is 9.14. The zero-order valence-electron chi connectivity index (χ0n) is 6.92. The Balaban J connectivity index is 2.96. The summed E-state index contributed by atoms with van der Waals surface area (Å²) in [6.45, 7) is 1.92. The van der Waals surface area contributed by atoms with Crippen LogP contribution in [0, 0.1) is 12.7 Å². The van der Waals surface area contributed by atoms with Gasteiger partial charge in [0.05, 0.1) is 17.4 Å². The zero-order valence-corrected chi connectivity index (χ0v) is 6.92. The van der Waals surface area contributed by atoms with E-state index in [0.717, 1.165) is 0 Å². The molecule has 0 aliphatic heterocycles. The number of hydrogen-bond acceptors (Lipinski definition) is 3. The van der Waals surface area contributed by atoms with Crippen LogP contribution in [0.3, 0.4) is 0 Å². The molecule has 0 spiro atoms. The van der Waals surface area contributed by atoms with Gasteiger partial charge in [-0.15, -0.1) is 0 Å². The van der Waals surface area contributed by atoms with Crippen molar-refractivity contribution in [1.29, 1.82) is 0 Å². The third-order valence-electron chi connectivity index (χ3n) is 1.68. The summed E-state index contributed by atoms with van der Waals surface area (Å²) in [4.78, 5) is 3.96. The van der Waals surface area contributed by atoms with Gasteiger partial charge in [0.25, 0.3) is 0 Å². The Morgan fingerprint density at radius 3 is 2.75 bits per heavy atom. The molecule has 3 nitrogen and oxygen atoms in total. The minimum Gasteiger partial charge on any atom is -0.329 e. The van der Waals surface area contributed by atoms with Crippen LogP contribution in [0.5, 0.6) is 0 Å². The summed E-state index contributed by atoms with van der Waals surface area (Å²) in [6.07, 6.45) is 0. The Kier molecular flexibility index (Phi) is 2.73. The summed E-state index contributed by atoms with van der Waals surface area (Å²) in [7, 11) is 0. The second-order valence-electron chi connectivity index (χ2n) is 2.65. The van der Waals surface area contributed by atoms with E-state index in [9.17, 15) is 4.39 Å². The molecule has 1 aromatic rings. The Morgan fingerprint density at radius 1 is 1.58 bits per heavy atom. The Labute approximate surface area is 70.6 Å². The topological polar surface area (TPSA) is 64.9 Å². The highest BCUT2D eigenvalue weighted by Gasteiger charge is 2.06. The van der Waals surface area contributed by atoms with Gasteiger partial charge in [0.2, 0.25) is 0 Å². The van der Waals surface area contributed by atoms with Gasteiger partial charge in [-0.1, -0.05) is 0 Å². The van der Waals surface area contributed by atoms with Gasteiger partial charge in [-0.2, -0.15) is 0 Å². The molecule has 0 aliphatic rings. The van der Waals surface area contributed by atoms with Crippen LogP contribution in [0.25, 0.3) is 0 Å². The molecular weight excluding hydrogens is 157 g/mol. The summed E-state index contributed by atoms with van der Waals surface area (Å²) < 4.78 is 12.7. The van der Waals surface area contributed by atoms with Gasteiger partial charge >= 0.3 is 0 Å². The van der Waals surface area contributed by atoms with Crippen LogP contribution in [0.15, 0.2) is 12.1 Å². The summed E-state index contributed by atoms with van der Waals surface area (Å²) in [5.74, 6) is -0.317. The number of rotatable bonds is 2. The second kappa shape index (κ2) is 3.60. The lowest BCUT2D eigenvalue weighted by molar-refractivity contribution is 0.601. The number of halogens is 1. The second-order valence-corrected chi connectivity index (χ2v) is 2.65. The lowest BCUT2D eigenvalue weighted by Gasteiger charge is -2.08. The standard InChI is InChI=1S/C8H12FN3/c1-5-6(9)2-3-8(12-5)7(11)4-10/h2-3,7H,4,10-11H2,1H3/t7-/m0/s1. The molecule has 0 unspecified atom stereocenters. The predicted octanol–water partition coefficient (Wildman–Crippen LogP) is 0.488. The van der Waals surface area contributed by atoms with Crippen molar-refractivity contribution in [1.82, 2.24) is 4.98 Å². The SMILES string of the molecule is Cc1nc([C@@H](N)CN)ccc1F. The van der Waals surface area contributed by atoms with E-state index in [0.29, 0.717) is 17.9 Å². The molecule has 4 heteroatoms. The lowest BCUT2D eigenvalue weighted by atomic mass is 10.2. The number of nitrogens with two attached hydrogens (primary N) is 2. The fourth-order valence-electron chi connectivity index (χ4n) is 0.891. The highest BCUT2D eigenvalue weighted by atomic mass is 19.1. The third-order valence-corrected chi connectivity index (χ3v) is 1.68. The maximum absolute atomic E-state index is 12.7. The van der Waals surface area contributed by atoms with E-state index in [1.165, 1.54) is 6.07 Å². The molecule has 66 valence electrons. The summed E-state index contributed by atoms with van der Waals surface area (Å²) in [5, 5.41) is 0. The Bertz CT molecular complexity index is 275. The van der Waals surface area contributed by atoms with Crippen LogP contribution in [0.2, 0.25) is 0 Å². The number of aromatic nitrogens is 1. The van der Waals surface area contributed by atoms with Crippen LogP contribution in [-0.2, 0) is 0 Å². The van der Waals surface area contributed by atoms with E-state index >= 15 is 0 Å². The van der Waals surface area contributed by atoms with E-state index in [4.69, 9.17) is 11.5 Å². The maximum Gasteiger partial charge on any atom is 0.144 e. The van der Waals surface area contributed by atoms with E-state index in [2.05, 4.69) is 4.98 Å². The molecule has 0 aromatic carbocycles. The van der Waals surface area contributed by atoms with Gasteiger partial charge < -0.3 is 11.5 Å². The van der Waals surface area contributed by atoms with E-state index in [1.54, 1.807) is 13.0 Å². The van der Waals surface area contributed by atoms with Crippen molar-refractivity contribution in [3.8, 4) is 0 Å². The van der Waals surface area contributed by atoms with Gasteiger partial charge in [0.15, 0.2) is 0 Å². The van der Waals surface area contributed by atoms with Crippen LogP contribution in [0.4, 0.5) is 4.39 Å². The van der Waals surface area contributed by atoms with Gasteiger partial charge in [0, 0.05) is 6.54 Å². The van der Waals surface area contributed by atoms with Crippen LogP contribution in [-0.4, -0.2) is 11.5 Å². The minimum absolute atomic E-state index is 0.302. The largest absolute Gasteiger partial charge is 0.329 e. The molecular formula is C8H12FN3. The average molecular weight is 169 g/mol. The number of nitrogens with zero attached hydrogens (tertiary/aromatic N) is 1. The van der Waals surface area contributed by atoms with Crippen molar-refractivity contribution in [2.24, 2.45) is 11.5 Å². The van der Waals surface area contributed by atoms with Crippen molar-refractivity contribution >= 4 is 0 Å². The molecule has 0 bridgehead atoms. The smallest absolute Gasteiger partial charge is 0.144 e. The number of hydrogen-bond donors (Lipinski definition) is 2. The normalized spacial score (nSPS) is 13.0. The quantitative estimate of drug-likeness (QED) is 0.677. The Hall–Kier alpha value is -1.00. The first-order valence-electron chi connectivity index (χ1n) is 3.74. The van der Waals surface area contributed by atoms with Crippen LogP contribution >= 0.6 is 0 Å². The summed E-state index contributed by atoms with van der Waals surface area (Å²) >= 11 is 0. The molecule has 1 aromatic heterocycles. The summed E-state index contributed by atoms with van der Waals surface area (Å²) in [5.41, 5.74) is 11.9. The van der Waals surface area contributed by atoms with Crippen LogP contribution < -0.4 is 11.5 Å². The molecule has 4 N–H and O–H groups in total. The lowest BCUT2D eigenvalue weighted by Crippen LogP contribution is -2.22. The molecule has 1 rings (SSSR count). The van der Waals surface area contributed by atoms with Crippen molar-refractivity contribution in [2.45, 2.75) is 13.0 Å². The first kappa shape index (κ1) is 9.09. The summed E-state index contributed by atoms with van der Waals surface area (Å²) in [6, 6.07) is 2.61. The average Bonchev–Trinajstić information content (AvgIpc) is 2.08. The van der Waals surface area contributed by atoms with Crippen molar-refractivity contribution in [3.63, 3.8) is 0 Å². The van der Waals surface area contributed by atoms with Gasteiger partial charge in [-0.05, 0) is 19.1 Å². The minimum atomic E-state index is -0.317.